The van der Waals surface area contributed by atoms with Crippen molar-refractivity contribution in [3.63, 3.8) is 0 Å². The number of hydrogen-bond donors (Lipinski definition) is 1. The highest BCUT2D eigenvalue weighted by atomic mass is 16.1. The minimum Gasteiger partial charge on any atom is -0.321 e. The zero-order valence-electron chi connectivity index (χ0n) is 20.4. The number of fused-ring (bicyclic) bond motifs is 2. The number of nitrogens with one attached hydrogen (secondary N) is 1. The summed E-state index contributed by atoms with van der Waals surface area (Å²) in [4.78, 5) is 13.2. The van der Waals surface area contributed by atoms with E-state index in [1.54, 1.807) is 10.8 Å². The van der Waals surface area contributed by atoms with Crippen molar-refractivity contribution in [2.24, 2.45) is 0 Å². The van der Waals surface area contributed by atoms with Gasteiger partial charge in [0.05, 0.1) is 5.69 Å². The van der Waals surface area contributed by atoms with Crippen LogP contribution in [-0.2, 0) is 4.79 Å². The zero-order valence-corrected chi connectivity index (χ0v) is 20.4. The Hall–Kier alpha value is -5.47. The number of benzene rings is 5. The Morgan fingerprint density at radius 1 is 0.789 bits per heavy atom. The molecular formula is C33H22N4O. The van der Waals surface area contributed by atoms with Gasteiger partial charge in [0, 0.05) is 23.0 Å². The summed E-state index contributed by atoms with van der Waals surface area (Å²) >= 11 is 0. The second-order valence-corrected chi connectivity index (χ2v) is 8.93. The highest BCUT2D eigenvalue weighted by molar-refractivity contribution is 6.11. The van der Waals surface area contributed by atoms with Gasteiger partial charge in [-0.25, -0.2) is 4.68 Å². The van der Waals surface area contributed by atoms with Gasteiger partial charge in [-0.1, -0.05) is 91.0 Å². The molecule has 0 atom stereocenters. The van der Waals surface area contributed by atoms with E-state index in [0.717, 1.165) is 32.8 Å². The fraction of sp³-hybridized carbons (Fsp3) is 0. The number of aromatic nitrogens is 2. The van der Waals surface area contributed by atoms with Crippen LogP contribution in [0.15, 0.2) is 127 Å². The molecule has 0 unspecified atom stereocenters. The van der Waals surface area contributed by atoms with Crippen LogP contribution in [0, 0.1) is 11.3 Å². The predicted molar refractivity (Wildman–Crippen MR) is 153 cm³/mol. The van der Waals surface area contributed by atoms with Crippen molar-refractivity contribution in [2.45, 2.75) is 0 Å². The van der Waals surface area contributed by atoms with E-state index in [1.807, 2.05) is 103 Å². The van der Waals surface area contributed by atoms with Gasteiger partial charge in [0.2, 0.25) is 0 Å². The molecule has 5 nitrogen and oxygen atoms in total. The molecule has 6 rings (SSSR count). The fourth-order valence-electron chi connectivity index (χ4n) is 4.62. The molecule has 1 N–H and O–H groups in total. The van der Waals surface area contributed by atoms with Crippen LogP contribution in [-0.4, -0.2) is 15.7 Å². The van der Waals surface area contributed by atoms with E-state index >= 15 is 0 Å². The molecule has 0 aliphatic carbocycles. The third-order valence-electron chi connectivity index (χ3n) is 6.48. The van der Waals surface area contributed by atoms with E-state index in [2.05, 4.69) is 29.6 Å². The number of para-hydroxylation sites is 1. The summed E-state index contributed by atoms with van der Waals surface area (Å²) in [6.07, 6.45) is 3.47. The molecule has 5 heteroatoms. The molecule has 0 fully saturated rings. The number of amides is 1. The number of carbonyl (C=O) groups is 1. The van der Waals surface area contributed by atoms with Crippen molar-refractivity contribution in [1.82, 2.24) is 9.78 Å². The average Bonchev–Trinajstić information content (AvgIpc) is 3.39. The third-order valence-corrected chi connectivity index (χ3v) is 6.48. The minimum absolute atomic E-state index is 0.00717. The van der Waals surface area contributed by atoms with Crippen molar-refractivity contribution in [1.29, 1.82) is 5.26 Å². The molecule has 5 aromatic carbocycles. The lowest BCUT2D eigenvalue weighted by molar-refractivity contribution is -0.112. The van der Waals surface area contributed by atoms with Gasteiger partial charge in [0.15, 0.2) is 0 Å². The summed E-state index contributed by atoms with van der Waals surface area (Å²) in [5.74, 6) is -0.473. The minimum atomic E-state index is -0.473. The van der Waals surface area contributed by atoms with E-state index in [4.69, 9.17) is 5.10 Å². The van der Waals surface area contributed by atoms with Crippen LogP contribution >= 0.6 is 0 Å². The maximum absolute atomic E-state index is 13.2. The molecule has 38 heavy (non-hydrogen) atoms. The first-order valence-electron chi connectivity index (χ1n) is 12.2. The first-order chi connectivity index (χ1) is 18.7. The van der Waals surface area contributed by atoms with Crippen molar-refractivity contribution in [3.8, 4) is 23.0 Å². The number of carbonyl (C=O) groups excluding carboxylic acids is 1. The first-order valence-corrected chi connectivity index (χ1v) is 12.2. The number of rotatable bonds is 5. The predicted octanol–water partition coefficient (Wildman–Crippen LogP) is 7.39. The lowest BCUT2D eigenvalue weighted by Crippen LogP contribution is -2.13. The molecule has 0 radical (unpaired) electrons. The molecule has 1 amide bonds. The maximum Gasteiger partial charge on any atom is 0.266 e. The van der Waals surface area contributed by atoms with E-state index < -0.39 is 5.91 Å². The number of anilines is 1. The van der Waals surface area contributed by atoms with Gasteiger partial charge >= 0.3 is 0 Å². The Kier molecular flexibility index (Phi) is 5.97. The van der Waals surface area contributed by atoms with Crippen molar-refractivity contribution in [3.05, 3.63) is 133 Å². The first kappa shape index (κ1) is 23.0. The van der Waals surface area contributed by atoms with Crippen LogP contribution in [0.2, 0.25) is 0 Å². The average molecular weight is 491 g/mol. The molecule has 0 saturated carbocycles. The summed E-state index contributed by atoms with van der Waals surface area (Å²) in [6, 6.07) is 39.6. The van der Waals surface area contributed by atoms with E-state index in [0.29, 0.717) is 16.9 Å². The summed E-state index contributed by atoms with van der Waals surface area (Å²) in [6.45, 7) is 0. The molecule has 0 spiro atoms. The summed E-state index contributed by atoms with van der Waals surface area (Å²) < 4.78 is 1.78. The van der Waals surface area contributed by atoms with Gasteiger partial charge in [-0.05, 0) is 51.9 Å². The van der Waals surface area contributed by atoms with Gasteiger partial charge < -0.3 is 5.32 Å². The second-order valence-electron chi connectivity index (χ2n) is 8.93. The van der Waals surface area contributed by atoms with Gasteiger partial charge in [-0.2, -0.15) is 10.4 Å². The van der Waals surface area contributed by atoms with Crippen LogP contribution in [0.1, 0.15) is 5.56 Å². The monoisotopic (exact) mass is 490 g/mol. The van der Waals surface area contributed by atoms with E-state index in [9.17, 15) is 10.1 Å². The fourth-order valence-corrected chi connectivity index (χ4v) is 4.62. The van der Waals surface area contributed by atoms with E-state index in [1.165, 1.54) is 0 Å². The lowest BCUT2D eigenvalue weighted by atomic mass is 9.99. The Bertz CT molecular complexity index is 1870. The van der Waals surface area contributed by atoms with Gasteiger partial charge in [0.25, 0.3) is 5.91 Å². The summed E-state index contributed by atoms with van der Waals surface area (Å²) in [5, 5.41) is 21.9. The normalized spacial score (nSPS) is 11.4. The third kappa shape index (κ3) is 4.43. The number of nitrogens with zero attached hydrogens (tertiary/aromatic N) is 3. The van der Waals surface area contributed by atoms with E-state index in [-0.39, 0.29) is 5.57 Å². The SMILES string of the molecule is N#C/C(=C\c1cn(-c2ccccc2)nc1-c1cccc2ccccc12)C(=O)Nc1ccc2ccccc2c1. The molecule has 1 aromatic heterocycles. The molecular weight excluding hydrogens is 468 g/mol. The van der Waals surface area contributed by atoms with Gasteiger partial charge in [-0.15, -0.1) is 0 Å². The standard InChI is InChI=1S/C33H22N4O/c34-21-26(33(38)35-28-18-17-23-9-4-5-11-25(23)20-28)19-27-22-37(29-13-2-1-3-14-29)36-32(27)31-16-8-12-24-10-6-7-15-30(24)31/h1-20,22H,(H,35,38)/b26-19+. The topological polar surface area (TPSA) is 70.7 Å². The van der Waals surface area contributed by atoms with Crippen LogP contribution < -0.4 is 5.32 Å². The van der Waals surface area contributed by atoms with Crippen molar-refractivity contribution >= 4 is 39.2 Å². The van der Waals surface area contributed by atoms with Crippen LogP contribution in [0.25, 0.3) is 44.6 Å². The quantitative estimate of drug-likeness (QED) is 0.202. The molecule has 1 heterocycles. The molecule has 0 bridgehead atoms. The lowest BCUT2D eigenvalue weighted by Gasteiger charge is -2.07. The Balaban J connectivity index is 1.43. The van der Waals surface area contributed by atoms with Crippen molar-refractivity contribution < 1.29 is 4.79 Å². The van der Waals surface area contributed by atoms with Crippen LogP contribution in [0.4, 0.5) is 5.69 Å². The maximum atomic E-state index is 13.2. The highest BCUT2D eigenvalue weighted by Crippen LogP contribution is 2.32. The van der Waals surface area contributed by atoms with Gasteiger partial charge in [-0.3, -0.25) is 4.79 Å². The van der Waals surface area contributed by atoms with Crippen LogP contribution in [0.3, 0.4) is 0 Å². The largest absolute Gasteiger partial charge is 0.321 e. The van der Waals surface area contributed by atoms with Gasteiger partial charge in [0.1, 0.15) is 17.3 Å². The number of nitriles is 1. The summed E-state index contributed by atoms with van der Waals surface area (Å²) in [5.41, 5.74) is 3.80. The Labute approximate surface area is 219 Å². The zero-order chi connectivity index (χ0) is 25.9. The second kappa shape index (κ2) is 9.88. The highest BCUT2D eigenvalue weighted by Gasteiger charge is 2.17. The van der Waals surface area contributed by atoms with Crippen LogP contribution in [0.5, 0.6) is 0 Å². The Morgan fingerprint density at radius 2 is 1.50 bits per heavy atom. The Morgan fingerprint density at radius 3 is 2.32 bits per heavy atom. The molecule has 0 aliphatic rings. The molecule has 0 aliphatic heterocycles. The molecule has 180 valence electrons. The number of hydrogen-bond acceptors (Lipinski definition) is 3. The molecule has 6 aromatic rings. The smallest absolute Gasteiger partial charge is 0.266 e. The summed E-state index contributed by atoms with van der Waals surface area (Å²) in [7, 11) is 0. The molecule has 0 saturated heterocycles. The van der Waals surface area contributed by atoms with Crippen molar-refractivity contribution in [2.75, 3.05) is 5.32 Å².